The third kappa shape index (κ3) is 4.71. The molecule has 2 nitrogen and oxygen atoms in total. The Hall–Kier alpha value is -1.21. The van der Waals surface area contributed by atoms with E-state index in [0.29, 0.717) is 6.08 Å². The van der Waals surface area contributed by atoms with Crippen molar-refractivity contribution in [2.75, 3.05) is 0 Å². The summed E-state index contributed by atoms with van der Waals surface area (Å²) in [6.07, 6.45) is -14.0. The van der Waals surface area contributed by atoms with Crippen molar-refractivity contribution in [3.63, 3.8) is 0 Å². The predicted octanol–water partition coefficient (Wildman–Crippen LogP) is 2.60. The first-order chi connectivity index (χ1) is 6.59. The van der Waals surface area contributed by atoms with Crippen LogP contribution in [0.5, 0.6) is 0 Å². The van der Waals surface area contributed by atoms with Crippen LogP contribution in [0.3, 0.4) is 0 Å². The van der Waals surface area contributed by atoms with Gasteiger partial charge in [0.05, 0.1) is 0 Å². The van der Waals surface area contributed by atoms with Gasteiger partial charge in [-0.1, -0.05) is 6.08 Å². The number of hydrogen-bond acceptors (Lipinski definition) is 2. The molecule has 0 radical (unpaired) electrons. The van der Waals surface area contributed by atoms with Crippen LogP contribution in [0, 0.1) is 0 Å². The van der Waals surface area contributed by atoms with Crippen LogP contribution in [0.25, 0.3) is 0 Å². The molecule has 0 aliphatic heterocycles. The van der Waals surface area contributed by atoms with Gasteiger partial charge in [-0.15, -0.1) is 0 Å². The van der Waals surface area contributed by atoms with E-state index in [1.807, 2.05) is 0 Å². The van der Waals surface area contributed by atoms with Crippen molar-refractivity contribution in [2.24, 2.45) is 0 Å². The molecule has 0 aliphatic rings. The van der Waals surface area contributed by atoms with Crippen LogP contribution < -0.4 is 0 Å². The van der Waals surface area contributed by atoms with Gasteiger partial charge < -0.3 is 4.74 Å². The fraction of sp³-hybridized carbons (Fsp3) is 0.571. The smallest absolute Gasteiger partial charge is 0.434 e. The van der Waals surface area contributed by atoms with Gasteiger partial charge in [0.1, 0.15) is 0 Å². The van der Waals surface area contributed by atoms with Crippen molar-refractivity contribution in [1.82, 2.24) is 0 Å². The van der Waals surface area contributed by atoms with Gasteiger partial charge in [-0.05, 0) is 6.92 Å². The van der Waals surface area contributed by atoms with E-state index in [9.17, 15) is 31.1 Å². The van der Waals surface area contributed by atoms with Gasteiger partial charge >= 0.3 is 18.3 Å². The zero-order chi connectivity index (χ0) is 12.3. The Morgan fingerprint density at radius 3 is 1.80 bits per heavy atom. The molecule has 0 aliphatic carbocycles. The summed E-state index contributed by atoms with van der Waals surface area (Å²) >= 11 is 0. The second-order valence-corrected chi connectivity index (χ2v) is 2.40. The molecule has 0 aromatic rings. The van der Waals surface area contributed by atoms with Crippen LogP contribution in [0.2, 0.25) is 0 Å². The lowest BCUT2D eigenvalue weighted by Crippen LogP contribution is -2.45. The van der Waals surface area contributed by atoms with Crippen LogP contribution >= 0.6 is 0 Å². The summed E-state index contributed by atoms with van der Waals surface area (Å²) in [5, 5.41) is 0. The summed E-state index contributed by atoms with van der Waals surface area (Å²) < 4.78 is 74.0. The number of hydrogen-bond donors (Lipinski definition) is 0. The van der Waals surface area contributed by atoms with Crippen molar-refractivity contribution < 1.29 is 35.9 Å². The van der Waals surface area contributed by atoms with Crippen LogP contribution in [0.1, 0.15) is 6.92 Å². The van der Waals surface area contributed by atoms with Crippen LogP contribution in [0.4, 0.5) is 26.3 Å². The first-order valence-electron chi connectivity index (χ1n) is 3.55. The third-order valence-electron chi connectivity index (χ3n) is 1.13. The topological polar surface area (TPSA) is 26.3 Å². The molecule has 88 valence electrons. The molecule has 0 saturated carbocycles. The van der Waals surface area contributed by atoms with Crippen LogP contribution in [0.15, 0.2) is 12.2 Å². The minimum absolute atomic E-state index is 0.463. The molecule has 0 fully saturated rings. The minimum atomic E-state index is -5.67. The number of allylic oxidation sites excluding steroid dienone is 1. The highest BCUT2D eigenvalue weighted by molar-refractivity contribution is 5.82. The quantitative estimate of drug-likeness (QED) is 0.418. The lowest BCUT2D eigenvalue weighted by atomic mass is 10.3. The molecule has 0 spiro atoms. The van der Waals surface area contributed by atoms with Crippen molar-refractivity contribution in [1.29, 1.82) is 0 Å². The van der Waals surface area contributed by atoms with Gasteiger partial charge in [0.25, 0.3) is 6.10 Å². The van der Waals surface area contributed by atoms with Gasteiger partial charge in [0, 0.05) is 6.08 Å². The fourth-order valence-corrected chi connectivity index (χ4v) is 0.611. The maximum absolute atomic E-state index is 11.8. The number of alkyl halides is 6. The van der Waals surface area contributed by atoms with Gasteiger partial charge in [-0.3, -0.25) is 0 Å². The second kappa shape index (κ2) is 4.54. The van der Waals surface area contributed by atoms with Crippen molar-refractivity contribution in [3.05, 3.63) is 12.2 Å². The highest BCUT2D eigenvalue weighted by Gasteiger charge is 2.59. The minimum Gasteiger partial charge on any atom is -0.440 e. The zero-order valence-corrected chi connectivity index (χ0v) is 7.32. The number of halogens is 6. The average Bonchev–Trinajstić information content (AvgIpc) is 1.96. The summed E-state index contributed by atoms with van der Waals surface area (Å²) in [7, 11) is 0. The molecule has 0 heterocycles. The highest BCUT2D eigenvalue weighted by Crippen LogP contribution is 2.35. The number of carbonyl (C=O) groups excluding carboxylic acids is 1. The number of ether oxygens (including phenoxy) is 1. The molecule has 0 rings (SSSR count). The summed E-state index contributed by atoms with van der Waals surface area (Å²) in [4.78, 5) is 10.4. The lowest BCUT2D eigenvalue weighted by Gasteiger charge is -2.22. The maximum Gasteiger partial charge on any atom is 0.434 e. The number of carbonyl (C=O) groups is 1. The Morgan fingerprint density at radius 1 is 1.13 bits per heavy atom. The monoisotopic (exact) mass is 236 g/mol. The predicted molar refractivity (Wildman–Crippen MR) is 36.8 cm³/mol. The molecule has 0 N–H and O–H groups in total. The van der Waals surface area contributed by atoms with E-state index < -0.39 is 24.4 Å². The molecule has 0 amide bonds. The molecule has 0 aromatic heterocycles. The number of rotatable bonds is 2. The van der Waals surface area contributed by atoms with E-state index in [1.165, 1.54) is 6.92 Å². The standard InChI is InChI=1S/C7H6F6O2/c1-2-3-4(14)15-5(6(8,9)10)7(11,12)13/h2-3,5H,1H3/b3-2-. The first-order valence-corrected chi connectivity index (χ1v) is 3.55. The van der Waals surface area contributed by atoms with Crippen LogP contribution in [-0.2, 0) is 9.53 Å². The number of esters is 1. The lowest BCUT2D eigenvalue weighted by molar-refractivity contribution is -0.312. The Bertz CT molecular complexity index is 237. The Morgan fingerprint density at radius 2 is 1.53 bits per heavy atom. The van der Waals surface area contributed by atoms with E-state index >= 15 is 0 Å². The Labute approximate surface area is 80.5 Å². The van der Waals surface area contributed by atoms with Gasteiger partial charge in [-0.2, -0.15) is 26.3 Å². The summed E-state index contributed by atoms with van der Waals surface area (Å²) in [5.74, 6) is -1.70. The molecule has 0 atom stereocenters. The largest absolute Gasteiger partial charge is 0.440 e. The van der Waals surface area contributed by atoms with Crippen molar-refractivity contribution in [3.8, 4) is 0 Å². The SMILES string of the molecule is C/C=C\C(=O)OC(C(F)(F)F)C(F)(F)F. The van der Waals surface area contributed by atoms with E-state index in [-0.39, 0.29) is 0 Å². The molecule has 0 bridgehead atoms. The van der Waals surface area contributed by atoms with Crippen molar-refractivity contribution >= 4 is 5.97 Å². The van der Waals surface area contributed by atoms with E-state index in [4.69, 9.17) is 0 Å². The Balaban J connectivity index is 4.77. The second-order valence-electron chi connectivity index (χ2n) is 2.40. The van der Waals surface area contributed by atoms with E-state index in [0.717, 1.165) is 6.08 Å². The molecule has 0 saturated heterocycles. The molecule has 0 unspecified atom stereocenters. The van der Waals surface area contributed by atoms with E-state index in [2.05, 4.69) is 4.74 Å². The Kier molecular flexibility index (Phi) is 4.17. The van der Waals surface area contributed by atoms with Gasteiger partial charge in [0.2, 0.25) is 0 Å². The maximum atomic E-state index is 11.8. The fourth-order valence-electron chi connectivity index (χ4n) is 0.611. The first kappa shape index (κ1) is 13.8. The third-order valence-corrected chi connectivity index (χ3v) is 1.13. The zero-order valence-electron chi connectivity index (χ0n) is 7.32. The van der Waals surface area contributed by atoms with Gasteiger partial charge in [0.15, 0.2) is 0 Å². The highest BCUT2D eigenvalue weighted by atomic mass is 19.4. The molecular weight excluding hydrogens is 230 g/mol. The van der Waals surface area contributed by atoms with E-state index in [1.54, 1.807) is 0 Å². The normalized spacial score (nSPS) is 13.6. The van der Waals surface area contributed by atoms with Crippen molar-refractivity contribution in [2.45, 2.75) is 25.4 Å². The summed E-state index contributed by atoms with van der Waals surface area (Å²) in [6, 6.07) is 0. The molecule has 15 heavy (non-hydrogen) atoms. The molecule has 8 heteroatoms. The molecular formula is C7H6F6O2. The molecule has 0 aromatic carbocycles. The summed E-state index contributed by atoms with van der Waals surface area (Å²) in [6.45, 7) is 1.25. The summed E-state index contributed by atoms with van der Waals surface area (Å²) in [5.41, 5.74) is 0. The van der Waals surface area contributed by atoms with Crippen LogP contribution in [-0.4, -0.2) is 24.4 Å². The average molecular weight is 236 g/mol. The van der Waals surface area contributed by atoms with Gasteiger partial charge in [-0.25, -0.2) is 4.79 Å².